The van der Waals surface area contributed by atoms with Crippen LogP contribution in [0.4, 0.5) is 4.79 Å². The smallest absolute Gasteiger partial charge is 0.315 e. The molecule has 0 aromatic heterocycles. The molecule has 0 unspecified atom stereocenters. The molecule has 5 nitrogen and oxygen atoms in total. The van der Waals surface area contributed by atoms with E-state index in [2.05, 4.69) is 16.9 Å². The van der Waals surface area contributed by atoms with E-state index < -0.39 is 11.5 Å². The Labute approximate surface area is 124 Å². The van der Waals surface area contributed by atoms with Crippen molar-refractivity contribution < 1.29 is 14.7 Å². The summed E-state index contributed by atoms with van der Waals surface area (Å²) in [6.07, 6.45) is 9.02. The number of hydrogen-bond acceptors (Lipinski definition) is 3. The third-order valence-electron chi connectivity index (χ3n) is 4.49. The highest BCUT2D eigenvalue weighted by Crippen LogP contribution is 2.46. The van der Waals surface area contributed by atoms with Crippen molar-refractivity contribution in [3.8, 4) is 0 Å². The first-order valence-corrected chi connectivity index (χ1v) is 8.55. The van der Waals surface area contributed by atoms with E-state index >= 15 is 0 Å². The van der Waals surface area contributed by atoms with Crippen LogP contribution in [0.15, 0.2) is 0 Å². The maximum Gasteiger partial charge on any atom is 0.315 e. The fourth-order valence-corrected chi connectivity index (χ4v) is 3.71. The highest BCUT2D eigenvalue weighted by molar-refractivity contribution is 8.00. The average molecular weight is 300 g/mol. The van der Waals surface area contributed by atoms with Gasteiger partial charge in [0.2, 0.25) is 0 Å². The number of hydrogen-bond donors (Lipinski definition) is 3. The summed E-state index contributed by atoms with van der Waals surface area (Å²) in [5.74, 6) is -0.838. The van der Waals surface area contributed by atoms with Gasteiger partial charge in [-0.1, -0.05) is 19.3 Å². The molecule has 0 bridgehead atoms. The van der Waals surface area contributed by atoms with Crippen molar-refractivity contribution in [1.82, 2.24) is 10.6 Å². The van der Waals surface area contributed by atoms with E-state index in [1.54, 1.807) is 11.8 Å². The molecular weight excluding hydrogens is 276 g/mol. The van der Waals surface area contributed by atoms with Crippen LogP contribution in [0.1, 0.15) is 51.4 Å². The van der Waals surface area contributed by atoms with Crippen LogP contribution in [0.5, 0.6) is 0 Å². The first kappa shape index (κ1) is 15.5. The summed E-state index contributed by atoms with van der Waals surface area (Å²) in [6, 6.07) is -0.214. The number of amides is 2. The third-order valence-corrected chi connectivity index (χ3v) is 5.91. The number of thioether (sulfide) groups is 1. The molecule has 2 aliphatic rings. The van der Waals surface area contributed by atoms with Gasteiger partial charge in [0.1, 0.15) is 0 Å². The van der Waals surface area contributed by atoms with Crippen molar-refractivity contribution in [3.05, 3.63) is 0 Å². The molecule has 114 valence electrons. The highest BCUT2D eigenvalue weighted by atomic mass is 32.2. The van der Waals surface area contributed by atoms with Crippen LogP contribution >= 0.6 is 11.8 Å². The van der Waals surface area contributed by atoms with Crippen LogP contribution in [-0.2, 0) is 4.79 Å². The lowest BCUT2D eigenvalue weighted by Crippen LogP contribution is -2.55. The van der Waals surface area contributed by atoms with Crippen molar-refractivity contribution in [2.75, 3.05) is 12.8 Å². The summed E-state index contributed by atoms with van der Waals surface area (Å²) < 4.78 is 0.226. The van der Waals surface area contributed by atoms with E-state index in [9.17, 15) is 9.59 Å². The Kier molecular flexibility index (Phi) is 4.83. The van der Waals surface area contributed by atoms with Crippen molar-refractivity contribution in [2.24, 2.45) is 0 Å². The van der Waals surface area contributed by atoms with Gasteiger partial charge in [-0.25, -0.2) is 4.79 Å². The van der Waals surface area contributed by atoms with Crippen LogP contribution in [0.25, 0.3) is 0 Å². The van der Waals surface area contributed by atoms with Gasteiger partial charge in [-0.15, -0.1) is 0 Å². The molecule has 20 heavy (non-hydrogen) atoms. The van der Waals surface area contributed by atoms with E-state index in [-0.39, 0.29) is 17.2 Å². The SMILES string of the molecule is CSC1(CNC(=O)NC2(CC(=O)O)CCCCC2)CC1. The summed E-state index contributed by atoms with van der Waals surface area (Å²) in [4.78, 5) is 23.1. The summed E-state index contributed by atoms with van der Waals surface area (Å²) >= 11 is 1.80. The molecule has 0 radical (unpaired) electrons. The molecule has 0 atom stereocenters. The number of carbonyl (C=O) groups excluding carboxylic acids is 1. The summed E-state index contributed by atoms with van der Waals surface area (Å²) in [7, 11) is 0. The first-order chi connectivity index (χ1) is 9.49. The van der Waals surface area contributed by atoms with Crippen molar-refractivity contribution in [2.45, 2.75) is 61.7 Å². The Morgan fingerprint density at radius 1 is 1.15 bits per heavy atom. The number of carbonyl (C=O) groups is 2. The monoisotopic (exact) mass is 300 g/mol. The lowest BCUT2D eigenvalue weighted by Gasteiger charge is -2.37. The van der Waals surface area contributed by atoms with Gasteiger partial charge in [-0.3, -0.25) is 4.79 Å². The molecule has 2 rings (SSSR count). The highest BCUT2D eigenvalue weighted by Gasteiger charge is 2.42. The molecule has 0 aromatic rings. The molecule has 2 aliphatic carbocycles. The average Bonchev–Trinajstić information content (AvgIpc) is 3.17. The predicted octanol–water partition coefficient (Wildman–Crippen LogP) is 2.36. The van der Waals surface area contributed by atoms with Gasteiger partial charge >= 0.3 is 12.0 Å². The molecule has 0 saturated heterocycles. The van der Waals surface area contributed by atoms with Crippen LogP contribution in [0.2, 0.25) is 0 Å². The Bertz CT molecular complexity index is 377. The molecule has 2 amide bonds. The second-order valence-electron chi connectivity index (χ2n) is 6.11. The van der Waals surface area contributed by atoms with Crippen molar-refractivity contribution in [3.63, 3.8) is 0 Å². The lowest BCUT2D eigenvalue weighted by atomic mass is 9.79. The van der Waals surface area contributed by atoms with Crippen LogP contribution in [0, 0.1) is 0 Å². The van der Waals surface area contributed by atoms with Crippen LogP contribution in [0.3, 0.4) is 0 Å². The molecule has 2 saturated carbocycles. The summed E-state index contributed by atoms with van der Waals surface area (Å²) in [5.41, 5.74) is -0.551. The summed E-state index contributed by atoms with van der Waals surface area (Å²) in [6.45, 7) is 0.670. The van der Waals surface area contributed by atoms with Gasteiger partial charge < -0.3 is 15.7 Å². The van der Waals surface area contributed by atoms with Gasteiger partial charge in [0.15, 0.2) is 0 Å². The minimum absolute atomic E-state index is 0.0219. The minimum atomic E-state index is -0.838. The zero-order valence-electron chi connectivity index (χ0n) is 12.0. The van der Waals surface area contributed by atoms with Gasteiger partial charge in [0.05, 0.1) is 12.0 Å². The van der Waals surface area contributed by atoms with Gasteiger partial charge in [-0.05, 0) is 31.9 Å². The predicted molar refractivity (Wildman–Crippen MR) is 80.1 cm³/mol. The molecule has 0 heterocycles. The van der Waals surface area contributed by atoms with Gasteiger partial charge in [-0.2, -0.15) is 11.8 Å². The molecule has 0 spiro atoms. The standard InChI is InChI=1S/C14H24N2O3S/c1-20-14(7-8-14)10-15-12(19)16-13(9-11(17)18)5-3-2-4-6-13/h2-10H2,1H3,(H,17,18)(H2,15,16,19). The van der Waals surface area contributed by atoms with E-state index in [0.29, 0.717) is 6.54 Å². The quantitative estimate of drug-likeness (QED) is 0.703. The fraction of sp³-hybridized carbons (Fsp3) is 0.857. The zero-order valence-corrected chi connectivity index (χ0v) is 12.9. The van der Waals surface area contributed by atoms with E-state index in [4.69, 9.17) is 5.11 Å². The van der Waals surface area contributed by atoms with E-state index in [1.165, 1.54) is 0 Å². The van der Waals surface area contributed by atoms with Crippen molar-refractivity contribution in [1.29, 1.82) is 0 Å². The second kappa shape index (κ2) is 6.24. The normalized spacial score (nSPS) is 22.9. The summed E-state index contributed by atoms with van der Waals surface area (Å²) in [5, 5.41) is 14.9. The maximum absolute atomic E-state index is 12.1. The molecule has 6 heteroatoms. The second-order valence-corrected chi connectivity index (χ2v) is 7.38. The number of carboxylic acid groups (broad SMARTS) is 1. The van der Waals surface area contributed by atoms with Gasteiger partial charge in [0, 0.05) is 11.3 Å². The van der Waals surface area contributed by atoms with Crippen LogP contribution < -0.4 is 10.6 Å². The Morgan fingerprint density at radius 3 is 2.30 bits per heavy atom. The fourth-order valence-electron chi connectivity index (χ4n) is 2.98. The maximum atomic E-state index is 12.1. The zero-order chi connectivity index (χ0) is 14.6. The minimum Gasteiger partial charge on any atom is -0.481 e. The first-order valence-electron chi connectivity index (χ1n) is 7.32. The van der Waals surface area contributed by atoms with E-state index in [1.807, 2.05) is 0 Å². The lowest BCUT2D eigenvalue weighted by molar-refractivity contribution is -0.139. The molecular formula is C14H24N2O3S. The van der Waals surface area contributed by atoms with Crippen molar-refractivity contribution >= 4 is 23.8 Å². The largest absolute Gasteiger partial charge is 0.481 e. The van der Waals surface area contributed by atoms with E-state index in [0.717, 1.165) is 44.9 Å². The van der Waals surface area contributed by atoms with Gasteiger partial charge in [0.25, 0.3) is 0 Å². The number of carboxylic acids is 1. The molecule has 0 aromatic carbocycles. The number of aliphatic carboxylic acids is 1. The van der Waals surface area contributed by atoms with Crippen LogP contribution in [-0.4, -0.2) is 40.2 Å². The number of nitrogens with one attached hydrogen (secondary N) is 2. The Balaban J connectivity index is 1.86. The topological polar surface area (TPSA) is 78.4 Å². The molecule has 0 aliphatic heterocycles. The Hall–Kier alpha value is -0.910. The number of urea groups is 1. The molecule has 2 fully saturated rings. The Morgan fingerprint density at radius 2 is 1.80 bits per heavy atom. The molecule has 3 N–H and O–H groups in total. The number of rotatable bonds is 6. The third kappa shape index (κ3) is 4.04.